The average molecular weight is 365 g/mol. The summed E-state index contributed by atoms with van der Waals surface area (Å²) < 4.78 is 26.5. The largest absolute Gasteiger partial charge is 0.204 e. The van der Waals surface area contributed by atoms with Crippen LogP contribution in [0.3, 0.4) is 0 Å². The molecule has 0 N–H and O–H groups in total. The van der Waals surface area contributed by atoms with Crippen LogP contribution in [0.2, 0.25) is 11.6 Å². The fourth-order valence-corrected chi connectivity index (χ4v) is 7.10. The van der Waals surface area contributed by atoms with Gasteiger partial charge in [-0.1, -0.05) is 63.1 Å². The van der Waals surface area contributed by atoms with Crippen molar-refractivity contribution < 1.29 is 8.78 Å². The highest BCUT2D eigenvalue weighted by Gasteiger charge is 2.25. The first-order valence-electron chi connectivity index (χ1n) is 10.6. The van der Waals surface area contributed by atoms with Crippen LogP contribution in [0, 0.1) is 23.5 Å². The van der Waals surface area contributed by atoms with Gasteiger partial charge in [-0.15, -0.1) is 0 Å². The molecule has 0 amide bonds. The van der Waals surface area contributed by atoms with E-state index in [0.717, 1.165) is 35.8 Å². The van der Waals surface area contributed by atoms with E-state index in [4.69, 9.17) is 0 Å². The van der Waals surface area contributed by atoms with E-state index in [-0.39, 0.29) is 9.52 Å². The maximum absolute atomic E-state index is 13.4. The van der Waals surface area contributed by atoms with Crippen LogP contribution >= 0.6 is 0 Å². The summed E-state index contributed by atoms with van der Waals surface area (Å²) in [7, 11) is 0.233. The van der Waals surface area contributed by atoms with Gasteiger partial charge >= 0.3 is 0 Å². The van der Waals surface area contributed by atoms with Crippen LogP contribution in [0.15, 0.2) is 18.2 Å². The van der Waals surface area contributed by atoms with Crippen LogP contribution in [-0.2, 0) is 0 Å². The van der Waals surface area contributed by atoms with Crippen molar-refractivity contribution in [2.24, 2.45) is 11.8 Å². The Morgan fingerprint density at radius 2 is 1.44 bits per heavy atom. The van der Waals surface area contributed by atoms with E-state index >= 15 is 0 Å². The number of hydrogen-bond acceptors (Lipinski definition) is 0. The van der Waals surface area contributed by atoms with Crippen molar-refractivity contribution in [2.45, 2.75) is 88.6 Å². The average Bonchev–Trinajstić information content (AvgIpc) is 2.64. The minimum atomic E-state index is -0.728. The molecule has 0 bridgehead atoms. The Labute approximate surface area is 154 Å². The van der Waals surface area contributed by atoms with E-state index in [1.807, 2.05) is 0 Å². The second-order valence-corrected chi connectivity index (χ2v) is 11.4. The van der Waals surface area contributed by atoms with Crippen molar-refractivity contribution in [2.75, 3.05) is 0 Å². The molecule has 0 heterocycles. The molecular formula is C22H34F2Si. The van der Waals surface area contributed by atoms with Gasteiger partial charge < -0.3 is 0 Å². The number of benzene rings is 1. The van der Waals surface area contributed by atoms with Crippen LogP contribution < -0.4 is 0 Å². The van der Waals surface area contributed by atoms with Crippen molar-refractivity contribution in [3.8, 4) is 0 Å². The van der Waals surface area contributed by atoms with Gasteiger partial charge in [-0.2, -0.15) is 0 Å². The van der Waals surface area contributed by atoms with Crippen LogP contribution in [0.25, 0.3) is 0 Å². The van der Waals surface area contributed by atoms with E-state index < -0.39 is 11.6 Å². The van der Waals surface area contributed by atoms with Crippen molar-refractivity contribution in [3.05, 3.63) is 35.4 Å². The minimum Gasteiger partial charge on any atom is -0.204 e. The topological polar surface area (TPSA) is 0 Å². The number of rotatable bonds is 6. The molecule has 0 radical (unpaired) electrons. The molecule has 2 aliphatic carbocycles. The monoisotopic (exact) mass is 364 g/mol. The lowest BCUT2D eigenvalue weighted by molar-refractivity contribution is 0.261. The SMILES string of the molecule is CC[SiH2][C@H]1CC[C@H](CCC2CCC(c3ccc(F)c(F)c3)CC2)CC1. The van der Waals surface area contributed by atoms with Gasteiger partial charge in [-0.25, -0.2) is 8.78 Å². The number of hydrogen-bond donors (Lipinski definition) is 0. The molecule has 1 aromatic rings. The fraction of sp³-hybridized carbons (Fsp3) is 0.727. The third-order valence-electron chi connectivity index (χ3n) is 6.91. The molecule has 3 heteroatoms. The molecule has 0 atom stereocenters. The summed E-state index contributed by atoms with van der Waals surface area (Å²) in [5.74, 6) is 0.867. The lowest BCUT2D eigenvalue weighted by Gasteiger charge is -2.32. The van der Waals surface area contributed by atoms with Gasteiger partial charge in [0.2, 0.25) is 0 Å². The smallest absolute Gasteiger partial charge is 0.159 e. The predicted molar refractivity (Wildman–Crippen MR) is 105 cm³/mol. The highest BCUT2D eigenvalue weighted by molar-refractivity contribution is 6.37. The summed E-state index contributed by atoms with van der Waals surface area (Å²) in [6, 6.07) is 5.96. The Hall–Kier alpha value is -0.703. The van der Waals surface area contributed by atoms with Gasteiger partial charge in [0, 0.05) is 9.52 Å². The summed E-state index contributed by atoms with van der Waals surface area (Å²) in [5.41, 5.74) is 2.14. The van der Waals surface area contributed by atoms with Crippen LogP contribution in [0.1, 0.15) is 82.6 Å². The molecule has 25 heavy (non-hydrogen) atoms. The molecule has 0 saturated heterocycles. The zero-order valence-corrected chi connectivity index (χ0v) is 17.2. The molecule has 2 aliphatic rings. The van der Waals surface area contributed by atoms with Crippen molar-refractivity contribution in [1.82, 2.24) is 0 Å². The van der Waals surface area contributed by atoms with E-state index in [1.54, 1.807) is 6.07 Å². The Morgan fingerprint density at radius 3 is 2.00 bits per heavy atom. The summed E-state index contributed by atoms with van der Waals surface area (Å²) in [5, 5.41) is 0. The second kappa shape index (κ2) is 9.30. The molecule has 1 aromatic carbocycles. The Kier molecular flexibility index (Phi) is 7.09. The summed E-state index contributed by atoms with van der Waals surface area (Å²) in [4.78, 5) is 0. The van der Waals surface area contributed by atoms with Gasteiger partial charge in [0.1, 0.15) is 0 Å². The molecule has 0 nitrogen and oxygen atoms in total. The van der Waals surface area contributed by atoms with Crippen molar-refractivity contribution in [1.29, 1.82) is 0 Å². The first-order chi connectivity index (χ1) is 12.2. The lowest BCUT2D eigenvalue weighted by Crippen LogP contribution is -2.18. The molecule has 0 spiro atoms. The predicted octanol–water partition coefficient (Wildman–Crippen LogP) is 6.60. The third kappa shape index (κ3) is 5.38. The van der Waals surface area contributed by atoms with Crippen molar-refractivity contribution in [3.63, 3.8) is 0 Å². The second-order valence-electron chi connectivity index (χ2n) is 8.64. The normalized spacial score (nSPS) is 30.8. The molecular weight excluding hydrogens is 330 g/mol. The zero-order valence-electron chi connectivity index (χ0n) is 15.8. The van der Waals surface area contributed by atoms with Gasteiger partial charge in [0.05, 0.1) is 0 Å². The highest BCUT2D eigenvalue weighted by atomic mass is 28.2. The van der Waals surface area contributed by atoms with Crippen molar-refractivity contribution >= 4 is 9.52 Å². The van der Waals surface area contributed by atoms with E-state index in [0.29, 0.717) is 5.92 Å². The third-order valence-corrected chi connectivity index (χ3v) is 9.12. The molecule has 140 valence electrons. The van der Waals surface area contributed by atoms with Gasteiger partial charge in [-0.05, 0) is 61.1 Å². The molecule has 2 saturated carbocycles. The highest BCUT2D eigenvalue weighted by Crippen LogP contribution is 2.40. The maximum Gasteiger partial charge on any atom is 0.159 e. The van der Waals surface area contributed by atoms with E-state index in [1.165, 1.54) is 69.5 Å². The lowest BCUT2D eigenvalue weighted by atomic mass is 9.75. The van der Waals surface area contributed by atoms with Crippen LogP contribution in [0.4, 0.5) is 8.78 Å². The first kappa shape index (κ1) is 19.1. The maximum atomic E-state index is 13.4. The molecule has 0 aliphatic heterocycles. The van der Waals surface area contributed by atoms with E-state index in [9.17, 15) is 8.78 Å². The first-order valence-corrected chi connectivity index (χ1v) is 12.4. The summed E-state index contributed by atoms with van der Waals surface area (Å²) in [6.07, 6.45) is 13.7. The van der Waals surface area contributed by atoms with Gasteiger partial charge in [0.15, 0.2) is 11.6 Å². The zero-order chi connectivity index (χ0) is 17.6. The van der Waals surface area contributed by atoms with Crippen LogP contribution in [0.5, 0.6) is 0 Å². The Balaban J connectivity index is 1.37. The summed E-state index contributed by atoms with van der Waals surface area (Å²) >= 11 is 0. The molecule has 0 unspecified atom stereocenters. The standard InChI is InChI=1S/C22H34F2Si/c1-2-25-20-12-7-17(8-13-20)4-3-16-5-9-18(10-6-16)19-11-14-21(23)22(24)15-19/h11,14-18,20H,2-10,12-13,25H2,1H3/t16?,17-,18?,20-. The van der Waals surface area contributed by atoms with E-state index in [2.05, 4.69) is 6.92 Å². The number of halogens is 2. The molecule has 0 aromatic heterocycles. The quantitative estimate of drug-likeness (QED) is 0.499. The molecule has 3 rings (SSSR count). The van der Waals surface area contributed by atoms with Gasteiger partial charge in [-0.3, -0.25) is 0 Å². The molecule has 2 fully saturated rings. The van der Waals surface area contributed by atoms with Gasteiger partial charge in [0.25, 0.3) is 0 Å². The Bertz CT molecular complexity index is 529. The fourth-order valence-electron chi connectivity index (χ4n) is 5.24. The summed E-state index contributed by atoms with van der Waals surface area (Å²) in [6.45, 7) is 2.37. The minimum absolute atomic E-state index is 0.233. The Morgan fingerprint density at radius 1 is 0.840 bits per heavy atom. The van der Waals surface area contributed by atoms with Crippen LogP contribution in [-0.4, -0.2) is 9.52 Å².